The van der Waals surface area contributed by atoms with Crippen LogP contribution >= 0.6 is 0 Å². The van der Waals surface area contributed by atoms with E-state index >= 15 is 0 Å². The van der Waals surface area contributed by atoms with Crippen LogP contribution in [0.25, 0.3) is 0 Å². The number of hydrogen-bond donors (Lipinski definition) is 2. The highest BCUT2D eigenvalue weighted by Gasteiger charge is 2.36. The van der Waals surface area contributed by atoms with Crippen molar-refractivity contribution in [2.45, 2.75) is 45.1 Å². The summed E-state index contributed by atoms with van der Waals surface area (Å²) in [5.41, 5.74) is 0.0573. The Balaban J connectivity index is 1.89. The fourth-order valence-electron chi connectivity index (χ4n) is 2.50. The zero-order chi connectivity index (χ0) is 14.1. The standard InChI is InChI=1S/C14H23N3O2/c1-13(2)5-7-14(19,8-6-13)10-15-12(18)11-4-9-16-17(11)3/h4,9,19H,5-8,10H2,1-3H3,(H,15,18). The summed E-state index contributed by atoms with van der Waals surface area (Å²) in [6.07, 6.45) is 5.06. The maximum atomic E-state index is 12.0. The van der Waals surface area contributed by atoms with Crippen molar-refractivity contribution in [3.05, 3.63) is 18.0 Å². The molecule has 2 N–H and O–H groups in total. The lowest BCUT2D eigenvalue weighted by Gasteiger charge is -2.40. The van der Waals surface area contributed by atoms with E-state index in [0.717, 1.165) is 25.7 Å². The number of carbonyl (C=O) groups excluding carboxylic acids is 1. The van der Waals surface area contributed by atoms with Gasteiger partial charge in [-0.15, -0.1) is 0 Å². The van der Waals surface area contributed by atoms with E-state index in [1.165, 1.54) is 4.68 Å². The van der Waals surface area contributed by atoms with Crippen molar-refractivity contribution in [1.82, 2.24) is 15.1 Å². The van der Waals surface area contributed by atoms with Crippen LogP contribution in [0.3, 0.4) is 0 Å². The summed E-state index contributed by atoms with van der Waals surface area (Å²) < 4.78 is 1.53. The predicted molar refractivity (Wildman–Crippen MR) is 72.7 cm³/mol. The summed E-state index contributed by atoms with van der Waals surface area (Å²) >= 11 is 0. The minimum absolute atomic E-state index is 0.182. The van der Waals surface area contributed by atoms with Crippen LogP contribution in [0, 0.1) is 5.41 Å². The minimum Gasteiger partial charge on any atom is -0.388 e. The molecule has 0 unspecified atom stereocenters. The number of aromatic nitrogens is 2. The highest BCUT2D eigenvalue weighted by molar-refractivity contribution is 5.92. The van der Waals surface area contributed by atoms with Crippen LogP contribution < -0.4 is 5.32 Å². The van der Waals surface area contributed by atoms with Crippen LogP contribution in [0.4, 0.5) is 0 Å². The van der Waals surface area contributed by atoms with Crippen LogP contribution in [0.5, 0.6) is 0 Å². The van der Waals surface area contributed by atoms with E-state index in [9.17, 15) is 9.90 Å². The first-order valence-corrected chi connectivity index (χ1v) is 6.80. The van der Waals surface area contributed by atoms with Crippen molar-refractivity contribution in [2.75, 3.05) is 6.54 Å². The van der Waals surface area contributed by atoms with Crippen molar-refractivity contribution < 1.29 is 9.90 Å². The Labute approximate surface area is 114 Å². The van der Waals surface area contributed by atoms with Gasteiger partial charge in [0.2, 0.25) is 0 Å². The highest BCUT2D eigenvalue weighted by Crippen LogP contribution is 2.39. The molecular formula is C14H23N3O2. The molecule has 0 aliphatic heterocycles. The average molecular weight is 265 g/mol. The molecule has 1 aromatic heterocycles. The number of amides is 1. The summed E-state index contributed by atoms with van der Waals surface area (Å²) in [7, 11) is 1.73. The fraction of sp³-hybridized carbons (Fsp3) is 0.714. The van der Waals surface area contributed by atoms with Crippen LogP contribution in [0.1, 0.15) is 50.0 Å². The molecule has 0 saturated heterocycles. The van der Waals surface area contributed by atoms with Gasteiger partial charge < -0.3 is 10.4 Å². The number of carbonyl (C=O) groups is 1. The van der Waals surface area contributed by atoms with Crippen LogP contribution in [-0.2, 0) is 7.05 Å². The third-order valence-electron chi connectivity index (χ3n) is 4.17. The van der Waals surface area contributed by atoms with Crippen molar-refractivity contribution in [3.63, 3.8) is 0 Å². The van der Waals surface area contributed by atoms with Gasteiger partial charge >= 0.3 is 0 Å². The zero-order valence-corrected chi connectivity index (χ0v) is 11.9. The Morgan fingerprint density at radius 1 is 1.42 bits per heavy atom. The number of rotatable bonds is 3. The highest BCUT2D eigenvalue weighted by atomic mass is 16.3. The molecule has 0 spiro atoms. The van der Waals surface area contributed by atoms with E-state index < -0.39 is 5.60 Å². The molecular weight excluding hydrogens is 242 g/mol. The lowest BCUT2D eigenvalue weighted by atomic mass is 9.71. The van der Waals surface area contributed by atoms with Gasteiger partial charge in [0.25, 0.3) is 5.91 Å². The lowest BCUT2D eigenvalue weighted by Crippen LogP contribution is -2.46. The van der Waals surface area contributed by atoms with E-state index in [-0.39, 0.29) is 5.91 Å². The molecule has 1 aliphatic rings. The summed E-state index contributed by atoms with van der Waals surface area (Å²) in [5.74, 6) is -0.182. The molecule has 19 heavy (non-hydrogen) atoms. The number of nitrogens with zero attached hydrogens (tertiary/aromatic N) is 2. The summed E-state index contributed by atoms with van der Waals surface area (Å²) in [6, 6.07) is 1.67. The first-order valence-electron chi connectivity index (χ1n) is 6.80. The Kier molecular flexibility index (Phi) is 3.67. The Morgan fingerprint density at radius 3 is 2.58 bits per heavy atom. The fourth-order valence-corrected chi connectivity index (χ4v) is 2.50. The third-order valence-corrected chi connectivity index (χ3v) is 4.17. The number of aliphatic hydroxyl groups is 1. The maximum Gasteiger partial charge on any atom is 0.269 e. The second-order valence-electron chi connectivity index (χ2n) is 6.41. The molecule has 5 heteroatoms. The molecule has 1 saturated carbocycles. The second-order valence-corrected chi connectivity index (χ2v) is 6.41. The van der Waals surface area contributed by atoms with Gasteiger partial charge in [-0.3, -0.25) is 9.48 Å². The molecule has 0 atom stereocenters. The Hall–Kier alpha value is -1.36. The Bertz CT molecular complexity index is 455. The third kappa shape index (κ3) is 3.35. The van der Waals surface area contributed by atoms with Crippen molar-refractivity contribution in [3.8, 4) is 0 Å². The molecule has 2 rings (SSSR count). The summed E-state index contributed by atoms with van der Waals surface area (Å²) in [6.45, 7) is 4.76. The molecule has 106 valence electrons. The summed E-state index contributed by atoms with van der Waals surface area (Å²) in [5, 5.41) is 17.3. The van der Waals surface area contributed by atoms with Gasteiger partial charge in [-0.2, -0.15) is 5.10 Å². The van der Waals surface area contributed by atoms with Crippen LogP contribution in [-0.4, -0.2) is 32.9 Å². The molecule has 1 fully saturated rings. The number of hydrogen-bond acceptors (Lipinski definition) is 3. The van der Waals surface area contributed by atoms with Gasteiger partial charge in [0.15, 0.2) is 0 Å². The van der Waals surface area contributed by atoms with Gasteiger partial charge in [-0.05, 0) is 37.2 Å². The van der Waals surface area contributed by atoms with E-state index in [0.29, 0.717) is 17.7 Å². The van der Waals surface area contributed by atoms with E-state index in [1.54, 1.807) is 19.3 Å². The summed E-state index contributed by atoms with van der Waals surface area (Å²) in [4.78, 5) is 12.0. The Morgan fingerprint density at radius 2 is 2.05 bits per heavy atom. The smallest absolute Gasteiger partial charge is 0.269 e. The molecule has 0 bridgehead atoms. The maximum absolute atomic E-state index is 12.0. The van der Waals surface area contributed by atoms with Crippen molar-refractivity contribution >= 4 is 5.91 Å². The SMILES string of the molecule is Cn1nccc1C(=O)NCC1(O)CCC(C)(C)CC1. The predicted octanol–water partition coefficient (Wildman–Crippen LogP) is 1.48. The van der Waals surface area contributed by atoms with Gasteiger partial charge in [0, 0.05) is 19.8 Å². The van der Waals surface area contributed by atoms with Crippen LogP contribution in [0.15, 0.2) is 12.3 Å². The van der Waals surface area contributed by atoms with E-state index in [4.69, 9.17) is 0 Å². The number of nitrogens with one attached hydrogen (secondary N) is 1. The van der Waals surface area contributed by atoms with Crippen molar-refractivity contribution in [1.29, 1.82) is 0 Å². The molecule has 0 radical (unpaired) electrons. The van der Waals surface area contributed by atoms with E-state index in [2.05, 4.69) is 24.3 Å². The lowest BCUT2D eigenvalue weighted by molar-refractivity contribution is -0.0233. The van der Waals surface area contributed by atoms with Gasteiger partial charge in [0.1, 0.15) is 5.69 Å². The average Bonchev–Trinajstić information content (AvgIpc) is 2.77. The topological polar surface area (TPSA) is 67.2 Å². The monoisotopic (exact) mass is 265 g/mol. The molecule has 0 aromatic carbocycles. The molecule has 1 amide bonds. The minimum atomic E-state index is -0.760. The molecule has 5 nitrogen and oxygen atoms in total. The van der Waals surface area contributed by atoms with Gasteiger partial charge in [-0.1, -0.05) is 13.8 Å². The van der Waals surface area contributed by atoms with Gasteiger partial charge in [-0.25, -0.2) is 0 Å². The molecule has 1 aliphatic carbocycles. The first-order chi connectivity index (χ1) is 8.81. The van der Waals surface area contributed by atoms with Crippen LogP contribution in [0.2, 0.25) is 0 Å². The first kappa shape index (κ1) is 14.1. The second kappa shape index (κ2) is 4.96. The molecule has 1 heterocycles. The largest absolute Gasteiger partial charge is 0.388 e. The molecule has 1 aromatic rings. The zero-order valence-electron chi connectivity index (χ0n) is 11.9. The van der Waals surface area contributed by atoms with Gasteiger partial charge in [0.05, 0.1) is 5.60 Å². The quantitative estimate of drug-likeness (QED) is 0.870. The van der Waals surface area contributed by atoms with E-state index in [1.807, 2.05) is 0 Å². The normalized spacial score (nSPS) is 21.1. The number of aryl methyl sites for hydroxylation is 1. The van der Waals surface area contributed by atoms with Crippen molar-refractivity contribution in [2.24, 2.45) is 12.5 Å².